The molecule has 6 heteroatoms. The number of hydrogen-bond donors (Lipinski definition) is 1. The van der Waals surface area contributed by atoms with E-state index in [1.807, 2.05) is 55.8 Å². The summed E-state index contributed by atoms with van der Waals surface area (Å²) in [7, 11) is 1.86. The topological polar surface area (TPSA) is 34.0 Å². The number of carbonyl (C=O) groups is 1. The number of fused-ring (bicyclic) bond motifs is 1. The van der Waals surface area contributed by atoms with E-state index in [0.29, 0.717) is 15.7 Å². The largest absolute Gasteiger partial charge is 0.344 e. The molecule has 1 heterocycles. The van der Waals surface area contributed by atoms with Crippen LogP contribution in [0.15, 0.2) is 36.4 Å². The fourth-order valence-corrected chi connectivity index (χ4v) is 3.67. The Bertz CT molecular complexity index is 964. The summed E-state index contributed by atoms with van der Waals surface area (Å²) in [6.07, 6.45) is 0. The van der Waals surface area contributed by atoms with Gasteiger partial charge < -0.3 is 9.88 Å². The van der Waals surface area contributed by atoms with Crippen molar-refractivity contribution in [1.82, 2.24) is 9.88 Å². The van der Waals surface area contributed by atoms with Crippen molar-refractivity contribution in [3.05, 3.63) is 66.8 Å². The highest BCUT2D eigenvalue weighted by Gasteiger charge is 2.19. The van der Waals surface area contributed by atoms with Crippen LogP contribution >= 0.6 is 45.8 Å². The second-order valence-corrected chi connectivity index (χ2v) is 8.09. The predicted octanol–water partition coefficient (Wildman–Crippen LogP) is 5.89. The summed E-state index contributed by atoms with van der Waals surface area (Å²) in [5, 5.41) is 4.84. The molecule has 3 nitrogen and oxygen atoms in total. The van der Waals surface area contributed by atoms with E-state index < -0.39 is 0 Å². The van der Waals surface area contributed by atoms with Crippen molar-refractivity contribution in [3.63, 3.8) is 0 Å². The molecule has 0 aliphatic rings. The van der Waals surface area contributed by atoms with Crippen molar-refractivity contribution in [2.24, 2.45) is 7.05 Å². The molecular weight excluding hydrogens is 470 g/mol. The number of aromatic nitrogens is 1. The Morgan fingerprint density at radius 3 is 2.44 bits per heavy atom. The summed E-state index contributed by atoms with van der Waals surface area (Å²) < 4.78 is 3.01. The van der Waals surface area contributed by atoms with Crippen LogP contribution in [0.5, 0.6) is 0 Å². The van der Waals surface area contributed by atoms with Crippen LogP contribution in [0, 0.1) is 10.5 Å². The highest BCUT2D eigenvalue weighted by atomic mass is 127. The molecule has 130 valence electrons. The molecule has 0 bridgehead atoms. The molecule has 0 aliphatic heterocycles. The SMILES string of the molecule is Cc1cc2c(cc(C(=O)N[C@H](C)c3ccc(I)cc3)n2C)c(Cl)c1Cl. The van der Waals surface area contributed by atoms with Crippen molar-refractivity contribution in [3.8, 4) is 0 Å². The Hall–Kier alpha value is -1.24. The number of nitrogens with one attached hydrogen (secondary N) is 1. The second-order valence-electron chi connectivity index (χ2n) is 6.09. The summed E-state index contributed by atoms with van der Waals surface area (Å²) in [6.45, 7) is 3.87. The van der Waals surface area contributed by atoms with Gasteiger partial charge in [0.15, 0.2) is 0 Å². The zero-order valence-corrected chi connectivity index (χ0v) is 17.7. The van der Waals surface area contributed by atoms with Crippen LogP contribution in [0.1, 0.15) is 34.6 Å². The number of rotatable bonds is 3. The molecule has 0 fully saturated rings. The van der Waals surface area contributed by atoms with Crippen LogP contribution in [0.25, 0.3) is 10.9 Å². The Morgan fingerprint density at radius 2 is 1.80 bits per heavy atom. The van der Waals surface area contributed by atoms with Gasteiger partial charge in [-0.1, -0.05) is 35.3 Å². The average molecular weight is 487 g/mol. The number of carbonyl (C=O) groups excluding carboxylic acids is 1. The molecule has 0 spiro atoms. The van der Waals surface area contributed by atoms with Crippen molar-refractivity contribution in [2.75, 3.05) is 0 Å². The number of amides is 1. The Labute approximate surface area is 170 Å². The van der Waals surface area contributed by atoms with Gasteiger partial charge in [-0.3, -0.25) is 4.79 Å². The second kappa shape index (κ2) is 7.17. The maximum absolute atomic E-state index is 12.8. The third-order valence-corrected chi connectivity index (χ3v) is 6.05. The number of nitrogens with zero attached hydrogens (tertiary/aromatic N) is 1. The molecule has 0 saturated heterocycles. The first kappa shape index (κ1) is 18.5. The van der Waals surface area contributed by atoms with Gasteiger partial charge in [-0.25, -0.2) is 0 Å². The van der Waals surface area contributed by atoms with E-state index in [0.717, 1.165) is 25.6 Å². The number of hydrogen-bond acceptors (Lipinski definition) is 1. The molecule has 0 radical (unpaired) electrons. The van der Waals surface area contributed by atoms with E-state index in [4.69, 9.17) is 23.2 Å². The van der Waals surface area contributed by atoms with Crippen molar-refractivity contribution in [2.45, 2.75) is 19.9 Å². The van der Waals surface area contributed by atoms with Gasteiger partial charge in [-0.05, 0) is 71.8 Å². The molecular formula is C19H17Cl2IN2O. The first-order valence-electron chi connectivity index (χ1n) is 7.80. The predicted molar refractivity (Wildman–Crippen MR) is 113 cm³/mol. The molecule has 2 aromatic carbocycles. The normalized spacial score (nSPS) is 12.4. The number of aryl methyl sites for hydroxylation is 2. The van der Waals surface area contributed by atoms with Crippen LogP contribution in [0.3, 0.4) is 0 Å². The highest BCUT2D eigenvalue weighted by molar-refractivity contribution is 14.1. The Balaban J connectivity index is 1.93. The molecule has 1 N–H and O–H groups in total. The van der Waals surface area contributed by atoms with Crippen LogP contribution in [0.4, 0.5) is 0 Å². The molecule has 0 unspecified atom stereocenters. The first-order valence-corrected chi connectivity index (χ1v) is 9.63. The summed E-state index contributed by atoms with van der Waals surface area (Å²) in [5.41, 5.74) is 3.39. The van der Waals surface area contributed by atoms with Gasteiger partial charge in [0.25, 0.3) is 5.91 Å². The van der Waals surface area contributed by atoms with E-state index in [2.05, 4.69) is 27.9 Å². The fourth-order valence-electron chi connectivity index (χ4n) is 2.85. The number of halogens is 3. The van der Waals surface area contributed by atoms with E-state index in [1.165, 1.54) is 0 Å². The van der Waals surface area contributed by atoms with Gasteiger partial charge in [-0.15, -0.1) is 0 Å². The van der Waals surface area contributed by atoms with Gasteiger partial charge in [0, 0.05) is 16.0 Å². The maximum atomic E-state index is 12.8. The molecule has 1 amide bonds. The maximum Gasteiger partial charge on any atom is 0.268 e. The Morgan fingerprint density at radius 1 is 1.16 bits per heavy atom. The van der Waals surface area contributed by atoms with Gasteiger partial charge in [0.2, 0.25) is 0 Å². The van der Waals surface area contributed by atoms with Crippen molar-refractivity contribution < 1.29 is 4.79 Å². The summed E-state index contributed by atoms with van der Waals surface area (Å²) in [4.78, 5) is 12.8. The number of benzene rings is 2. The van der Waals surface area contributed by atoms with Crippen LogP contribution in [-0.4, -0.2) is 10.5 Å². The van der Waals surface area contributed by atoms with Crippen LogP contribution in [-0.2, 0) is 7.05 Å². The van der Waals surface area contributed by atoms with E-state index in [9.17, 15) is 4.79 Å². The van der Waals surface area contributed by atoms with Crippen LogP contribution in [0.2, 0.25) is 10.0 Å². The van der Waals surface area contributed by atoms with Gasteiger partial charge >= 0.3 is 0 Å². The summed E-state index contributed by atoms with van der Waals surface area (Å²) in [5.74, 6) is -0.144. The summed E-state index contributed by atoms with van der Waals surface area (Å²) in [6, 6.07) is 11.7. The van der Waals surface area contributed by atoms with Crippen molar-refractivity contribution in [1.29, 1.82) is 0 Å². The lowest BCUT2D eigenvalue weighted by Gasteiger charge is -2.15. The van der Waals surface area contributed by atoms with E-state index in [-0.39, 0.29) is 11.9 Å². The highest BCUT2D eigenvalue weighted by Crippen LogP contribution is 2.35. The molecule has 3 rings (SSSR count). The minimum Gasteiger partial charge on any atom is -0.344 e. The minimum absolute atomic E-state index is 0.0942. The minimum atomic E-state index is -0.144. The lowest BCUT2D eigenvalue weighted by Crippen LogP contribution is -2.28. The lowest BCUT2D eigenvalue weighted by molar-refractivity contribution is 0.0932. The van der Waals surface area contributed by atoms with Gasteiger partial charge in [-0.2, -0.15) is 0 Å². The lowest BCUT2D eigenvalue weighted by atomic mass is 10.1. The standard InChI is InChI=1S/C19H17Cl2IN2O/c1-10-8-15-14(18(21)17(10)20)9-16(24(15)3)19(25)23-11(2)12-4-6-13(22)7-5-12/h4-9,11H,1-3H3,(H,23,25)/t11-/m1/s1. The van der Waals surface area contributed by atoms with E-state index >= 15 is 0 Å². The van der Waals surface area contributed by atoms with Crippen LogP contribution < -0.4 is 5.32 Å². The van der Waals surface area contributed by atoms with Gasteiger partial charge in [0.1, 0.15) is 5.69 Å². The van der Waals surface area contributed by atoms with Gasteiger partial charge in [0.05, 0.1) is 21.6 Å². The summed E-state index contributed by atoms with van der Waals surface area (Å²) >= 11 is 14.9. The fraction of sp³-hybridized carbons (Fsp3) is 0.211. The molecule has 25 heavy (non-hydrogen) atoms. The Kier molecular flexibility index (Phi) is 5.32. The molecule has 3 aromatic rings. The van der Waals surface area contributed by atoms with Crippen molar-refractivity contribution >= 4 is 62.6 Å². The molecule has 0 saturated carbocycles. The molecule has 0 aliphatic carbocycles. The quantitative estimate of drug-likeness (QED) is 0.460. The average Bonchev–Trinajstić information content (AvgIpc) is 2.90. The third kappa shape index (κ3) is 3.52. The third-order valence-electron chi connectivity index (χ3n) is 4.36. The zero-order valence-electron chi connectivity index (χ0n) is 14.0. The monoisotopic (exact) mass is 486 g/mol. The van der Waals surface area contributed by atoms with E-state index in [1.54, 1.807) is 6.07 Å². The first-order chi connectivity index (χ1) is 11.8. The smallest absolute Gasteiger partial charge is 0.268 e. The molecule has 1 aromatic heterocycles. The zero-order chi connectivity index (χ0) is 18.3. The molecule has 1 atom stereocenters.